The number of nitrogens with zero attached hydrogens (tertiary/aromatic N) is 1. The Labute approximate surface area is 233 Å². The third-order valence-corrected chi connectivity index (χ3v) is 5.91. The van der Waals surface area contributed by atoms with E-state index in [4.69, 9.17) is 14.6 Å². The van der Waals surface area contributed by atoms with Gasteiger partial charge in [0.1, 0.15) is 35.0 Å². The number of halogens is 4. The molecule has 16 heteroatoms. The van der Waals surface area contributed by atoms with E-state index in [1.807, 2.05) is 5.32 Å². The minimum atomic E-state index is -4.88. The van der Waals surface area contributed by atoms with Gasteiger partial charge >= 0.3 is 12.1 Å². The minimum absolute atomic E-state index is 0.147. The van der Waals surface area contributed by atoms with Gasteiger partial charge in [-0.25, -0.2) is 4.39 Å². The van der Waals surface area contributed by atoms with E-state index in [9.17, 15) is 47.0 Å². The Hall–Kier alpha value is -5.28. The Balaban J connectivity index is 2.09. The molecular weight excluding hydrogens is 574 g/mol. The second-order valence-corrected chi connectivity index (χ2v) is 8.55. The normalized spacial score (nSPS) is 11.1. The molecule has 1 aromatic heterocycles. The fourth-order valence-electron chi connectivity index (χ4n) is 3.79. The van der Waals surface area contributed by atoms with Gasteiger partial charge in [-0.1, -0.05) is 6.07 Å². The molecule has 0 atom stereocenters. The molecule has 0 saturated heterocycles. The van der Waals surface area contributed by atoms with Crippen molar-refractivity contribution in [3.63, 3.8) is 0 Å². The number of carboxylic acid groups (broad SMARTS) is 1. The number of hydrogen-bond donors (Lipinski definition) is 5. The number of alkyl halides is 3. The van der Waals surface area contributed by atoms with Crippen LogP contribution in [-0.2, 0) is 24.1 Å². The maximum absolute atomic E-state index is 14.6. The molecule has 0 fully saturated rings. The van der Waals surface area contributed by atoms with Crippen LogP contribution in [0.2, 0.25) is 0 Å². The van der Waals surface area contributed by atoms with Gasteiger partial charge in [-0.05, 0) is 24.3 Å². The van der Waals surface area contributed by atoms with Gasteiger partial charge in [0.2, 0.25) is 5.88 Å². The number of pyridine rings is 1. The van der Waals surface area contributed by atoms with Crippen LogP contribution in [0.1, 0.15) is 37.4 Å². The number of aliphatic carboxylic acids is 1. The Morgan fingerprint density at radius 3 is 2.14 bits per heavy atom. The molecule has 5 N–H and O–H groups in total. The minimum Gasteiger partial charge on any atom is -0.506 e. The molecule has 2 aromatic carbocycles. The number of amides is 2. The summed E-state index contributed by atoms with van der Waals surface area (Å²) >= 11 is 0. The molecule has 0 bridgehead atoms. The van der Waals surface area contributed by atoms with Crippen LogP contribution in [-0.4, -0.2) is 58.4 Å². The van der Waals surface area contributed by atoms with Crippen molar-refractivity contribution in [1.82, 2.24) is 15.2 Å². The van der Waals surface area contributed by atoms with Crippen LogP contribution in [0, 0.1) is 5.82 Å². The predicted octanol–water partition coefficient (Wildman–Crippen LogP) is 2.23. The lowest BCUT2D eigenvalue weighted by Gasteiger charge is -2.18. The van der Waals surface area contributed by atoms with Gasteiger partial charge in [-0.15, -0.1) is 0 Å². The summed E-state index contributed by atoms with van der Waals surface area (Å²) in [5.74, 6) is -7.55. The van der Waals surface area contributed by atoms with Crippen molar-refractivity contribution >= 4 is 17.8 Å². The van der Waals surface area contributed by atoms with Gasteiger partial charge in [0.25, 0.3) is 17.4 Å². The summed E-state index contributed by atoms with van der Waals surface area (Å²) in [7, 11) is 2.76. The van der Waals surface area contributed by atoms with E-state index in [2.05, 4.69) is 5.32 Å². The van der Waals surface area contributed by atoms with E-state index in [-0.39, 0.29) is 22.9 Å². The van der Waals surface area contributed by atoms with Crippen LogP contribution in [0.4, 0.5) is 17.6 Å². The standard InChI is InChI=1S/C26H23F4N3O9/c1-41-15-6-4-12(17(8-15)42-2)9-31-22(37)19-21(36)20(23(38)32-10-18(34)35)25(40)33(24(19)39)11-13-3-5-14(7-16(13)27)26(28,29)30/h3-8,36,39H,9-11H2,1-2H3,(H,31,37)(H,32,38)(H,34,35). The average molecular weight is 597 g/mol. The lowest BCUT2D eigenvalue weighted by molar-refractivity contribution is -0.138. The van der Waals surface area contributed by atoms with E-state index >= 15 is 0 Å². The first kappa shape index (κ1) is 31.3. The average Bonchev–Trinajstić information content (AvgIpc) is 2.93. The van der Waals surface area contributed by atoms with Crippen molar-refractivity contribution < 1.29 is 56.7 Å². The van der Waals surface area contributed by atoms with E-state index < -0.39 is 82.3 Å². The first-order valence-electron chi connectivity index (χ1n) is 11.7. The summed E-state index contributed by atoms with van der Waals surface area (Å²) in [5.41, 5.74) is -5.22. The molecule has 224 valence electrons. The zero-order valence-corrected chi connectivity index (χ0v) is 21.8. The number of carbonyl (C=O) groups excluding carboxylic acids is 2. The third kappa shape index (κ3) is 6.71. The molecule has 0 spiro atoms. The van der Waals surface area contributed by atoms with Gasteiger partial charge in [0.05, 0.1) is 26.3 Å². The number of aromatic nitrogens is 1. The number of aromatic hydroxyl groups is 2. The number of benzene rings is 2. The summed E-state index contributed by atoms with van der Waals surface area (Å²) in [6.07, 6.45) is -4.88. The van der Waals surface area contributed by atoms with Gasteiger partial charge in [-0.2, -0.15) is 13.2 Å². The summed E-state index contributed by atoms with van der Waals surface area (Å²) in [6, 6.07) is 5.90. The van der Waals surface area contributed by atoms with Crippen molar-refractivity contribution in [2.24, 2.45) is 0 Å². The monoisotopic (exact) mass is 597 g/mol. The zero-order valence-electron chi connectivity index (χ0n) is 21.8. The summed E-state index contributed by atoms with van der Waals surface area (Å²) in [6.45, 7) is -2.27. The van der Waals surface area contributed by atoms with Gasteiger partial charge in [0.15, 0.2) is 5.75 Å². The molecule has 1 heterocycles. The van der Waals surface area contributed by atoms with Gasteiger partial charge in [0, 0.05) is 23.7 Å². The highest BCUT2D eigenvalue weighted by molar-refractivity contribution is 6.05. The smallest absolute Gasteiger partial charge is 0.416 e. The molecule has 0 saturated carbocycles. The zero-order chi connectivity index (χ0) is 31.4. The molecule has 2 amide bonds. The highest BCUT2D eigenvalue weighted by atomic mass is 19.4. The number of nitrogens with one attached hydrogen (secondary N) is 2. The van der Waals surface area contributed by atoms with Crippen LogP contribution in [0.15, 0.2) is 41.2 Å². The molecule has 3 aromatic rings. The Bertz CT molecular complexity index is 1600. The lowest BCUT2D eigenvalue weighted by Crippen LogP contribution is -2.37. The Kier molecular flexibility index (Phi) is 9.29. The van der Waals surface area contributed by atoms with Crippen LogP contribution < -0.4 is 25.7 Å². The topological polar surface area (TPSA) is 176 Å². The van der Waals surface area contributed by atoms with E-state index in [0.717, 1.165) is 0 Å². The Morgan fingerprint density at radius 1 is 0.929 bits per heavy atom. The third-order valence-electron chi connectivity index (χ3n) is 5.91. The van der Waals surface area contributed by atoms with E-state index in [1.165, 1.54) is 26.4 Å². The fraction of sp³-hybridized carbons (Fsp3) is 0.231. The molecule has 0 radical (unpaired) electrons. The second kappa shape index (κ2) is 12.5. The summed E-state index contributed by atoms with van der Waals surface area (Å²) < 4.78 is 64.0. The van der Waals surface area contributed by atoms with Crippen LogP contribution in [0.5, 0.6) is 23.1 Å². The van der Waals surface area contributed by atoms with Crippen LogP contribution in [0.25, 0.3) is 0 Å². The largest absolute Gasteiger partial charge is 0.506 e. The van der Waals surface area contributed by atoms with Crippen molar-refractivity contribution in [3.8, 4) is 23.1 Å². The number of carboxylic acids is 1. The molecular formula is C26H23F4N3O9. The number of rotatable bonds is 10. The van der Waals surface area contributed by atoms with Crippen LogP contribution in [0.3, 0.4) is 0 Å². The maximum Gasteiger partial charge on any atom is 0.416 e. The first-order valence-corrected chi connectivity index (χ1v) is 11.7. The molecule has 0 aliphatic carbocycles. The first-order chi connectivity index (χ1) is 19.7. The summed E-state index contributed by atoms with van der Waals surface area (Å²) in [5, 5.41) is 34.5. The van der Waals surface area contributed by atoms with Crippen LogP contribution >= 0.6 is 0 Å². The van der Waals surface area contributed by atoms with Crippen molar-refractivity contribution in [2.45, 2.75) is 19.3 Å². The molecule has 12 nitrogen and oxygen atoms in total. The number of hydrogen-bond acceptors (Lipinski definition) is 8. The van der Waals surface area contributed by atoms with Crippen molar-refractivity contribution in [3.05, 3.63) is 80.4 Å². The van der Waals surface area contributed by atoms with Gasteiger partial charge < -0.3 is 35.4 Å². The van der Waals surface area contributed by atoms with E-state index in [0.29, 0.717) is 23.4 Å². The number of methoxy groups -OCH3 is 2. The second-order valence-electron chi connectivity index (χ2n) is 8.55. The quantitative estimate of drug-likeness (QED) is 0.219. The van der Waals surface area contributed by atoms with E-state index in [1.54, 1.807) is 6.07 Å². The highest BCUT2D eigenvalue weighted by Crippen LogP contribution is 2.32. The SMILES string of the molecule is COc1ccc(CNC(=O)c2c(O)c(C(=O)NCC(=O)O)c(=O)n(Cc3ccc(C(F)(F)F)cc3F)c2O)c(OC)c1. The molecule has 42 heavy (non-hydrogen) atoms. The highest BCUT2D eigenvalue weighted by Gasteiger charge is 2.33. The maximum atomic E-state index is 14.6. The van der Waals surface area contributed by atoms with Crippen molar-refractivity contribution in [2.75, 3.05) is 20.8 Å². The summed E-state index contributed by atoms with van der Waals surface area (Å²) in [4.78, 5) is 49.8. The predicted molar refractivity (Wildman–Crippen MR) is 135 cm³/mol. The molecule has 0 aliphatic rings. The lowest BCUT2D eigenvalue weighted by atomic mass is 10.1. The Morgan fingerprint density at radius 2 is 1.57 bits per heavy atom. The van der Waals surface area contributed by atoms with Gasteiger partial charge in [-0.3, -0.25) is 23.7 Å². The molecule has 0 aliphatic heterocycles. The number of carbonyl (C=O) groups is 3. The molecule has 3 rings (SSSR count). The fourth-order valence-corrected chi connectivity index (χ4v) is 3.79. The molecule has 0 unspecified atom stereocenters. The van der Waals surface area contributed by atoms with Crippen molar-refractivity contribution in [1.29, 1.82) is 0 Å². The number of ether oxygens (including phenoxy) is 2.